The van der Waals surface area contributed by atoms with E-state index in [9.17, 15) is 4.79 Å². The van der Waals surface area contributed by atoms with Gasteiger partial charge in [-0.2, -0.15) is 0 Å². The summed E-state index contributed by atoms with van der Waals surface area (Å²) < 4.78 is 11.7. The fourth-order valence-electron chi connectivity index (χ4n) is 3.22. The molecule has 0 unspecified atom stereocenters. The Bertz CT molecular complexity index is 1130. The third-order valence-electron chi connectivity index (χ3n) is 4.85. The van der Waals surface area contributed by atoms with Crippen LogP contribution in [0.2, 0.25) is 0 Å². The van der Waals surface area contributed by atoms with Crippen LogP contribution in [0.5, 0.6) is 0 Å². The average Bonchev–Trinajstić information content (AvgIpc) is 2.91. The summed E-state index contributed by atoms with van der Waals surface area (Å²) in [5.74, 6) is 0. The van der Waals surface area contributed by atoms with Crippen molar-refractivity contribution in [3.05, 3.63) is 56.9 Å². The fraction of sp³-hybridized carbons (Fsp3) is 0.211. The predicted molar refractivity (Wildman–Crippen MR) is 88.7 cm³/mol. The van der Waals surface area contributed by atoms with Crippen LogP contribution in [-0.4, -0.2) is 0 Å². The molecule has 4 aromatic rings. The van der Waals surface area contributed by atoms with Crippen LogP contribution in [-0.2, 0) is 0 Å². The second-order valence-corrected chi connectivity index (χ2v) is 5.90. The largest absolute Gasteiger partial charge is 0.452 e. The van der Waals surface area contributed by atoms with Gasteiger partial charge in [0.15, 0.2) is 11.2 Å². The van der Waals surface area contributed by atoms with Gasteiger partial charge in [0, 0.05) is 5.39 Å². The first kappa shape index (κ1) is 13.1. The van der Waals surface area contributed by atoms with Gasteiger partial charge in [0.1, 0.15) is 5.58 Å². The summed E-state index contributed by atoms with van der Waals surface area (Å²) in [4.78, 5) is 12.3. The first-order chi connectivity index (χ1) is 10.5. The summed E-state index contributed by atoms with van der Waals surface area (Å²) in [7, 11) is 0. The van der Waals surface area contributed by atoms with Crippen LogP contribution in [0.25, 0.3) is 32.9 Å². The molecule has 2 heterocycles. The first-order valence-electron chi connectivity index (χ1n) is 7.35. The van der Waals surface area contributed by atoms with Crippen molar-refractivity contribution in [1.29, 1.82) is 0 Å². The van der Waals surface area contributed by atoms with Crippen molar-refractivity contribution >= 4 is 32.9 Å². The Morgan fingerprint density at radius 1 is 0.682 bits per heavy atom. The number of aryl methyl sites for hydroxylation is 2. The Kier molecular flexibility index (Phi) is 2.52. The highest BCUT2D eigenvalue weighted by molar-refractivity contribution is 6.13. The number of hydrogen-bond acceptors (Lipinski definition) is 3. The molecule has 0 fully saturated rings. The lowest BCUT2D eigenvalue weighted by Gasteiger charge is -2.09. The van der Waals surface area contributed by atoms with E-state index in [4.69, 9.17) is 8.83 Å². The molecule has 0 spiro atoms. The lowest BCUT2D eigenvalue weighted by molar-refractivity contribution is 0.564. The summed E-state index contributed by atoms with van der Waals surface area (Å²) >= 11 is 0. The van der Waals surface area contributed by atoms with Crippen LogP contribution >= 0.6 is 0 Å². The van der Waals surface area contributed by atoms with Gasteiger partial charge in [0.05, 0.1) is 10.8 Å². The minimum Gasteiger partial charge on any atom is -0.452 e. The predicted octanol–water partition coefficient (Wildman–Crippen LogP) is 4.93. The standard InChI is InChI=1S/C19H16O3/c1-9-10(2)12(4)16-15(11(9)3)18-17(21-16)13-7-5-6-8-14(13)19(20)22-18/h5-8H,1-4H3. The van der Waals surface area contributed by atoms with Crippen molar-refractivity contribution in [3.63, 3.8) is 0 Å². The van der Waals surface area contributed by atoms with Gasteiger partial charge in [-0.05, 0) is 56.0 Å². The molecular formula is C19H16O3. The van der Waals surface area contributed by atoms with Crippen molar-refractivity contribution in [2.24, 2.45) is 0 Å². The first-order valence-corrected chi connectivity index (χ1v) is 7.35. The lowest BCUT2D eigenvalue weighted by Crippen LogP contribution is -1.98. The fourth-order valence-corrected chi connectivity index (χ4v) is 3.22. The molecule has 0 aliphatic carbocycles. The maximum absolute atomic E-state index is 12.3. The molecule has 0 bridgehead atoms. The molecule has 22 heavy (non-hydrogen) atoms. The number of furan rings is 1. The van der Waals surface area contributed by atoms with Gasteiger partial charge >= 0.3 is 5.63 Å². The van der Waals surface area contributed by atoms with Crippen molar-refractivity contribution in [1.82, 2.24) is 0 Å². The topological polar surface area (TPSA) is 43.4 Å². The number of rotatable bonds is 0. The van der Waals surface area contributed by atoms with Gasteiger partial charge in [-0.15, -0.1) is 0 Å². The van der Waals surface area contributed by atoms with Crippen LogP contribution in [0.15, 0.2) is 37.9 Å². The van der Waals surface area contributed by atoms with E-state index >= 15 is 0 Å². The van der Waals surface area contributed by atoms with Crippen molar-refractivity contribution < 1.29 is 8.83 Å². The van der Waals surface area contributed by atoms with Crippen molar-refractivity contribution in [3.8, 4) is 0 Å². The van der Waals surface area contributed by atoms with E-state index in [2.05, 4.69) is 13.8 Å². The van der Waals surface area contributed by atoms with Crippen molar-refractivity contribution in [2.75, 3.05) is 0 Å². The smallest absolute Gasteiger partial charge is 0.344 e. The van der Waals surface area contributed by atoms with Crippen LogP contribution in [0.4, 0.5) is 0 Å². The molecule has 3 heteroatoms. The van der Waals surface area contributed by atoms with E-state index in [1.54, 1.807) is 6.07 Å². The Morgan fingerprint density at radius 2 is 1.32 bits per heavy atom. The second kappa shape index (κ2) is 4.23. The molecule has 110 valence electrons. The highest BCUT2D eigenvalue weighted by Gasteiger charge is 2.20. The molecule has 0 N–H and O–H groups in total. The van der Waals surface area contributed by atoms with Gasteiger partial charge in [-0.25, -0.2) is 4.79 Å². The zero-order chi connectivity index (χ0) is 15.6. The van der Waals surface area contributed by atoms with Gasteiger partial charge in [0.25, 0.3) is 0 Å². The highest BCUT2D eigenvalue weighted by Crippen LogP contribution is 2.38. The zero-order valence-electron chi connectivity index (χ0n) is 13.0. The Hall–Kier alpha value is -2.55. The summed E-state index contributed by atoms with van der Waals surface area (Å²) in [5, 5.41) is 2.27. The number of fused-ring (bicyclic) bond motifs is 5. The third-order valence-corrected chi connectivity index (χ3v) is 4.85. The van der Waals surface area contributed by atoms with Crippen LogP contribution in [0.1, 0.15) is 22.3 Å². The summed E-state index contributed by atoms with van der Waals surface area (Å²) in [5.41, 5.74) is 6.34. The molecule has 0 atom stereocenters. The Labute approximate surface area is 127 Å². The van der Waals surface area contributed by atoms with Crippen molar-refractivity contribution in [2.45, 2.75) is 27.7 Å². The maximum atomic E-state index is 12.3. The molecule has 0 radical (unpaired) electrons. The minimum atomic E-state index is -0.318. The third kappa shape index (κ3) is 1.48. The summed E-state index contributed by atoms with van der Waals surface area (Å²) in [6, 6.07) is 7.41. The lowest BCUT2D eigenvalue weighted by atomic mass is 9.95. The molecule has 0 amide bonds. The molecule has 0 aliphatic heterocycles. The molecule has 3 nitrogen and oxygen atoms in total. The summed E-state index contributed by atoms with van der Waals surface area (Å²) in [6.07, 6.45) is 0. The van der Waals surface area contributed by atoms with E-state index in [0.29, 0.717) is 16.6 Å². The zero-order valence-corrected chi connectivity index (χ0v) is 13.0. The average molecular weight is 292 g/mol. The Balaban J connectivity index is 2.40. The van der Waals surface area contributed by atoms with E-state index in [1.807, 2.05) is 32.0 Å². The molecule has 0 saturated heterocycles. The molecule has 2 aromatic heterocycles. The van der Waals surface area contributed by atoms with Crippen LogP contribution < -0.4 is 5.63 Å². The normalized spacial score (nSPS) is 11.8. The minimum absolute atomic E-state index is 0.318. The molecule has 0 aliphatic rings. The Morgan fingerprint density at radius 3 is 2.05 bits per heavy atom. The molecule has 0 saturated carbocycles. The highest BCUT2D eigenvalue weighted by atomic mass is 16.4. The number of benzene rings is 2. The molecule has 4 rings (SSSR count). The van der Waals surface area contributed by atoms with Crippen LogP contribution in [0, 0.1) is 27.7 Å². The van der Waals surface area contributed by atoms with E-state index in [-0.39, 0.29) is 5.63 Å². The molecule has 2 aromatic carbocycles. The SMILES string of the molecule is Cc1c(C)c(C)c2c(oc3c4ccccc4c(=O)oc32)c1C. The van der Waals surface area contributed by atoms with Crippen LogP contribution in [0.3, 0.4) is 0 Å². The number of hydrogen-bond donors (Lipinski definition) is 0. The maximum Gasteiger partial charge on any atom is 0.344 e. The summed E-state index contributed by atoms with van der Waals surface area (Å²) in [6.45, 7) is 8.29. The monoisotopic (exact) mass is 292 g/mol. The molecular weight excluding hydrogens is 276 g/mol. The second-order valence-electron chi connectivity index (χ2n) is 5.90. The van der Waals surface area contributed by atoms with Gasteiger partial charge in [0.2, 0.25) is 0 Å². The van der Waals surface area contributed by atoms with E-state index in [0.717, 1.165) is 27.5 Å². The quantitative estimate of drug-likeness (QED) is 0.461. The van der Waals surface area contributed by atoms with E-state index < -0.39 is 0 Å². The van der Waals surface area contributed by atoms with Gasteiger partial charge in [-0.3, -0.25) is 0 Å². The van der Waals surface area contributed by atoms with Gasteiger partial charge < -0.3 is 8.83 Å². The van der Waals surface area contributed by atoms with Gasteiger partial charge in [-0.1, -0.05) is 18.2 Å². The van der Waals surface area contributed by atoms with E-state index in [1.165, 1.54) is 11.1 Å².